The smallest absolute Gasteiger partial charge is 0.161 e. The number of hydrogen-bond donors (Lipinski definition) is 1. The van der Waals surface area contributed by atoms with E-state index < -0.39 is 0 Å². The van der Waals surface area contributed by atoms with Gasteiger partial charge < -0.3 is 14.8 Å². The first kappa shape index (κ1) is 13.9. The van der Waals surface area contributed by atoms with E-state index in [-0.39, 0.29) is 0 Å². The summed E-state index contributed by atoms with van der Waals surface area (Å²) in [6.07, 6.45) is 0. The fourth-order valence-electron chi connectivity index (χ4n) is 2.18. The Morgan fingerprint density at radius 1 is 1.25 bits per heavy atom. The lowest BCUT2D eigenvalue weighted by Gasteiger charge is -2.19. The maximum absolute atomic E-state index is 5.60. The number of halogens is 1. The molecule has 1 aliphatic heterocycles. The van der Waals surface area contributed by atoms with E-state index in [2.05, 4.69) is 51.7 Å². The van der Waals surface area contributed by atoms with Gasteiger partial charge in [0.25, 0.3) is 0 Å². The number of hydrogen-bond acceptors (Lipinski definition) is 4. The molecule has 106 valence electrons. The Bertz CT molecular complexity index is 599. The van der Waals surface area contributed by atoms with Gasteiger partial charge in [-0.3, -0.25) is 0 Å². The first-order valence-corrected chi connectivity index (χ1v) is 8.26. The van der Waals surface area contributed by atoms with Crippen LogP contribution in [0.15, 0.2) is 34.1 Å². The fourth-order valence-corrected chi connectivity index (χ4v) is 3.93. The van der Waals surface area contributed by atoms with Crippen molar-refractivity contribution in [2.45, 2.75) is 19.5 Å². The molecule has 20 heavy (non-hydrogen) atoms. The third-order valence-electron chi connectivity index (χ3n) is 3.26. The van der Waals surface area contributed by atoms with Gasteiger partial charge in [0.1, 0.15) is 13.2 Å². The summed E-state index contributed by atoms with van der Waals surface area (Å²) < 4.78 is 12.3. The molecule has 0 radical (unpaired) electrons. The topological polar surface area (TPSA) is 30.5 Å². The Morgan fingerprint density at radius 2 is 2.05 bits per heavy atom. The normalized spacial score (nSPS) is 15.1. The highest BCUT2D eigenvalue weighted by Crippen LogP contribution is 2.32. The van der Waals surface area contributed by atoms with Gasteiger partial charge in [-0.25, -0.2) is 0 Å². The summed E-state index contributed by atoms with van der Waals surface area (Å²) in [7, 11) is 0. The van der Waals surface area contributed by atoms with Crippen LogP contribution in [0.5, 0.6) is 11.5 Å². The maximum Gasteiger partial charge on any atom is 0.161 e. The molecular formula is C15H16BrNO2S. The van der Waals surface area contributed by atoms with Gasteiger partial charge >= 0.3 is 0 Å². The van der Waals surface area contributed by atoms with Gasteiger partial charge in [0.2, 0.25) is 0 Å². The Labute approximate surface area is 131 Å². The minimum atomic E-state index is 0.317. The highest BCUT2D eigenvalue weighted by Gasteiger charge is 2.13. The third kappa shape index (κ3) is 3.00. The van der Waals surface area contributed by atoms with E-state index in [1.165, 1.54) is 14.9 Å². The Kier molecular flexibility index (Phi) is 4.29. The summed E-state index contributed by atoms with van der Waals surface area (Å²) in [5.74, 6) is 1.69. The van der Waals surface area contributed by atoms with E-state index in [1.807, 2.05) is 6.07 Å². The molecule has 1 N–H and O–H groups in total. The van der Waals surface area contributed by atoms with E-state index in [0.29, 0.717) is 19.3 Å². The fraction of sp³-hybridized carbons (Fsp3) is 0.333. The van der Waals surface area contributed by atoms with Crippen LogP contribution in [0.4, 0.5) is 0 Å². The number of nitrogens with one attached hydrogen (secondary N) is 1. The van der Waals surface area contributed by atoms with Crippen molar-refractivity contribution in [3.8, 4) is 11.5 Å². The van der Waals surface area contributed by atoms with Crippen molar-refractivity contribution >= 4 is 27.3 Å². The summed E-state index contributed by atoms with van der Waals surface area (Å²) in [6.45, 7) is 4.24. The number of thiophene rings is 1. The number of benzene rings is 1. The molecule has 3 nitrogen and oxygen atoms in total. The van der Waals surface area contributed by atoms with Gasteiger partial charge in [0, 0.05) is 21.9 Å². The van der Waals surface area contributed by atoms with Crippen LogP contribution in [0.25, 0.3) is 0 Å². The van der Waals surface area contributed by atoms with Crippen molar-refractivity contribution in [3.05, 3.63) is 44.6 Å². The van der Waals surface area contributed by atoms with Crippen molar-refractivity contribution < 1.29 is 9.47 Å². The van der Waals surface area contributed by atoms with Crippen LogP contribution in [-0.4, -0.2) is 13.2 Å². The van der Waals surface area contributed by atoms with E-state index in [4.69, 9.17) is 9.47 Å². The molecular weight excluding hydrogens is 338 g/mol. The lowest BCUT2D eigenvalue weighted by molar-refractivity contribution is 0.171. The molecule has 0 bridgehead atoms. The van der Waals surface area contributed by atoms with Crippen LogP contribution in [-0.2, 0) is 6.54 Å². The second-order valence-electron chi connectivity index (χ2n) is 4.71. The second kappa shape index (κ2) is 6.16. The van der Waals surface area contributed by atoms with Gasteiger partial charge in [0.15, 0.2) is 11.5 Å². The minimum absolute atomic E-state index is 0.317. The molecule has 1 aliphatic rings. The van der Waals surface area contributed by atoms with E-state index in [0.717, 1.165) is 18.0 Å². The van der Waals surface area contributed by atoms with E-state index >= 15 is 0 Å². The monoisotopic (exact) mass is 353 g/mol. The van der Waals surface area contributed by atoms with Crippen molar-refractivity contribution in [2.75, 3.05) is 13.2 Å². The molecule has 0 spiro atoms. The molecule has 0 aliphatic carbocycles. The Hall–Kier alpha value is -1.04. The number of ether oxygens (including phenoxy) is 2. The highest BCUT2D eigenvalue weighted by atomic mass is 79.9. The summed E-state index contributed by atoms with van der Waals surface area (Å²) in [5.41, 5.74) is 1.20. The van der Waals surface area contributed by atoms with Crippen LogP contribution < -0.4 is 14.8 Å². The van der Waals surface area contributed by atoms with E-state index in [9.17, 15) is 0 Å². The molecule has 2 heterocycles. The third-order valence-corrected chi connectivity index (χ3v) is 5.31. The van der Waals surface area contributed by atoms with Crippen molar-refractivity contribution in [1.29, 1.82) is 0 Å². The number of rotatable bonds is 4. The average molecular weight is 354 g/mol. The first-order valence-electron chi connectivity index (χ1n) is 6.59. The standard InChI is InChI=1S/C15H16BrNO2S/c1-10(15-12(16)4-7-20-15)17-9-11-2-3-13-14(8-11)19-6-5-18-13/h2-4,7-8,10,17H,5-6,9H2,1H3. The van der Waals surface area contributed by atoms with Crippen LogP contribution >= 0.6 is 27.3 Å². The molecule has 5 heteroatoms. The van der Waals surface area contributed by atoms with Gasteiger partial charge in [-0.1, -0.05) is 6.07 Å². The summed E-state index contributed by atoms with van der Waals surface area (Å²) in [5, 5.41) is 5.63. The van der Waals surface area contributed by atoms with Crippen molar-refractivity contribution in [1.82, 2.24) is 5.32 Å². The summed E-state index contributed by atoms with van der Waals surface area (Å²) >= 11 is 5.34. The van der Waals surface area contributed by atoms with Crippen molar-refractivity contribution in [3.63, 3.8) is 0 Å². The Balaban J connectivity index is 1.65. The molecule has 0 saturated carbocycles. The molecule has 2 aromatic rings. The zero-order chi connectivity index (χ0) is 13.9. The molecule has 1 unspecified atom stereocenters. The summed E-state index contributed by atoms with van der Waals surface area (Å²) in [6, 6.07) is 8.52. The lowest BCUT2D eigenvalue weighted by Crippen LogP contribution is -2.18. The maximum atomic E-state index is 5.60. The molecule has 0 amide bonds. The predicted octanol–water partition coefficient (Wildman–Crippen LogP) is 4.13. The zero-order valence-corrected chi connectivity index (χ0v) is 13.6. The van der Waals surface area contributed by atoms with E-state index in [1.54, 1.807) is 11.3 Å². The average Bonchev–Trinajstić information content (AvgIpc) is 2.91. The van der Waals surface area contributed by atoms with Crippen LogP contribution in [0, 0.1) is 0 Å². The van der Waals surface area contributed by atoms with Crippen LogP contribution in [0.2, 0.25) is 0 Å². The van der Waals surface area contributed by atoms with Gasteiger partial charge in [0.05, 0.1) is 0 Å². The highest BCUT2D eigenvalue weighted by molar-refractivity contribution is 9.10. The van der Waals surface area contributed by atoms with Gasteiger partial charge in [-0.15, -0.1) is 11.3 Å². The molecule has 1 aromatic heterocycles. The quantitative estimate of drug-likeness (QED) is 0.896. The van der Waals surface area contributed by atoms with Gasteiger partial charge in [-0.05, 0) is 52.0 Å². The molecule has 1 atom stereocenters. The van der Waals surface area contributed by atoms with Crippen LogP contribution in [0.1, 0.15) is 23.4 Å². The molecule has 1 aromatic carbocycles. The zero-order valence-electron chi connectivity index (χ0n) is 11.2. The van der Waals surface area contributed by atoms with Gasteiger partial charge in [-0.2, -0.15) is 0 Å². The molecule has 0 fully saturated rings. The molecule has 3 rings (SSSR count). The lowest BCUT2D eigenvalue weighted by atomic mass is 10.1. The SMILES string of the molecule is CC(NCc1ccc2c(c1)OCCO2)c1sccc1Br. The van der Waals surface area contributed by atoms with Crippen LogP contribution in [0.3, 0.4) is 0 Å². The van der Waals surface area contributed by atoms with Crippen molar-refractivity contribution in [2.24, 2.45) is 0 Å². The Morgan fingerprint density at radius 3 is 2.80 bits per heavy atom. The predicted molar refractivity (Wildman–Crippen MR) is 84.7 cm³/mol. The minimum Gasteiger partial charge on any atom is -0.486 e. The summed E-state index contributed by atoms with van der Waals surface area (Å²) in [4.78, 5) is 1.32. The molecule has 0 saturated heterocycles. The first-order chi connectivity index (χ1) is 9.74. The number of fused-ring (bicyclic) bond motifs is 1. The largest absolute Gasteiger partial charge is 0.486 e. The second-order valence-corrected chi connectivity index (χ2v) is 6.52.